The van der Waals surface area contributed by atoms with Crippen LogP contribution in [0.3, 0.4) is 0 Å². The van der Waals surface area contributed by atoms with Crippen LogP contribution in [0.5, 0.6) is 5.75 Å². The summed E-state index contributed by atoms with van der Waals surface area (Å²) in [6.45, 7) is 3.25. The van der Waals surface area contributed by atoms with Crippen molar-refractivity contribution < 1.29 is 27.5 Å². The molecule has 1 aliphatic carbocycles. The molecule has 4 rings (SSSR count). The van der Waals surface area contributed by atoms with Crippen molar-refractivity contribution in [3.05, 3.63) is 41.2 Å². The van der Waals surface area contributed by atoms with Crippen molar-refractivity contribution in [3.63, 3.8) is 0 Å². The first-order chi connectivity index (χ1) is 19.5. The summed E-state index contributed by atoms with van der Waals surface area (Å²) in [5, 5.41) is 6.03. The van der Waals surface area contributed by atoms with Crippen LogP contribution in [0.25, 0.3) is 0 Å². The zero-order valence-electron chi connectivity index (χ0n) is 24.1. The molecule has 1 saturated carbocycles. The van der Waals surface area contributed by atoms with Gasteiger partial charge in [0.15, 0.2) is 0 Å². The minimum absolute atomic E-state index is 0.0129. The molecule has 2 aliphatic rings. The summed E-state index contributed by atoms with van der Waals surface area (Å²) in [6.07, 6.45) is 1.43. The van der Waals surface area contributed by atoms with Gasteiger partial charge >= 0.3 is 6.18 Å². The lowest BCUT2D eigenvalue weighted by atomic mass is 9.80. The van der Waals surface area contributed by atoms with Crippen molar-refractivity contribution in [2.24, 2.45) is 5.92 Å². The number of carbonyl (C=O) groups excluding carboxylic acids is 2. The molecule has 0 bridgehead atoms. The molecule has 9 nitrogen and oxygen atoms in total. The number of hydrogen-bond donors (Lipinski definition) is 2. The van der Waals surface area contributed by atoms with E-state index in [1.54, 1.807) is 30.1 Å². The number of hydrogen-bond acceptors (Lipinski definition) is 7. The Balaban J connectivity index is 1.55. The number of nitrogens with one attached hydrogen (secondary N) is 2. The third kappa shape index (κ3) is 7.66. The highest BCUT2D eigenvalue weighted by Crippen LogP contribution is 2.37. The Labute approximate surface area is 238 Å². The summed E-state index contributed by atoms with van der Waals surface area (Å²) in [6, 6.07) is 4.74. The molecule has 3 atom stereocenters. The van der Waals surface area contributed by atoms with Gasteiger partial charge < -0.3 is 25.2 Å². The van der Waals surface area contributed by atoms with Gasteiger partial charge in [-0.15, -0.1) is 0 Å². The van der Waals surface area contributed by atoms with Crippen molar-refractivity contribution in [2.45, 2.75) is 70.1 Å². The van der Waals surface area contributed by atoms with Crippen LogP contribution in [0.4, 0.5) is 24.8 Å². The van der Waals surface area contributed by atoms with Gasteiger partial charge in [-0.3, -0.25) is 9.59 Å². The second-order valence-corrected chi connectivity index (χ2v) is 11.1. The fraction of sp³-hybridized carbons (Fsp3) is 0.586. The fourth-order valence-electron chi connectivity index (χ4n) is 5.90. The minimum atomic E-state index is -4.62. The number of carbonyl (C=O) groups is 2. The van der Waals surface area contributed by atoms with E-state index >= 15 is 0 Å². The van der Waals surface area contributed by atoms with E-state index < -0.39 is 11.7 Å². The zero-order chi connectivity index (χ0) is 29.7. The SMILES string of the molecule is COc1cc(C(=O)NC2CCCN(C)C2)ccc1Nc1ncc(C(F)(F)F)c(C[C@@H]2CCCC[C@H]2N(C)C(C)=O)n1. The third-order valence-electron chi connectivity index (χ3n) is 8.16. The van der Waals surface area contributed by atoms with Gasteiger partial charge in [0.25, 0.3) is 5.91 Å². The van der Waals surface area contributed by atoms with Gasteiger partial charge in [0.1, 0.15) is 5.75 Å². The molecule has 0 spiro atoms. The van der Waals surface area contributed by atoms with Gasteiger partial charge in [-0.2, -0.15) is 13.2 Å². The Morgan fingerprint density at radius 3 is 2.61 bits per heavy atom. The molecule has 1 saturated heterocycles. The number of likely N-dealkylation sites (N-methyl/N-ethyl adjacent to an activating group) is 1. The lowest BCUT2D eigenvalue weighted by Gasteiger charge is -2.37. The third-order valence-corrected chi connectivity index (χ3v) is 8.16. The number of likely N-dealkylation sites (tertiary alicyclic amines) is 1. The smallest absolute Gasteiger partial charge is 0.419 e. The van der Waals surface area contributed by atoms with Crippen LogP contribution in [0, 0.1) is 5.92 Å². The van der Waals surface area contributed by atoms with Crippen molar-refractivity contribution in [1.29, 1.82) is 0 Å². The number of methoxy groups -OCH3 is 1. The van der Waals surface area contributed by atoms with Crippen LogP contribution in [0.1, 0.15) is 67.1 Å². The van der Waals surface area contributed by atoms with Gasteiger partial charge in [-0.25, -0.2) is 9.97 Å². The Morgan fingerprint density at radius 2 is 1.93 bits per heavy atom. The standard InChI is InChI=1S/C29H39F3N6O3/c1-18(39)38(3)25-10-6-5-8-19(25)14-24-22(29(30,31)32)16-33-28(36-24)35-23-12-11-20(15-26(23)41-4)27(40)34-21-9-7-13-37(2)17-21/h11-12,15-16,19,21,25H,5-10,13-14,17H2,1-4H3,(H,34,40)(H,33,35,36)/t19-,21?,25+/m0/s1. The summed E-state index contributed by atoms with van der Waals surface area (Å²) >= 11 is 0. The van der Waals surface area contributed by atoms with Crippen LogP contribution in [0.15, 0.2) is 24.4 Å². The molecule has 224 valence electrons. The van der Waals surface area contributed by atoms with E-state index in [0.717, 1.165) is 51.4 Å². The number of aromatic nitrogens is 2. The number of ether oxygens (including phenoxy) is 1. The number of benzene rings is 1. The Kier molecular flexibility index (Phi) is 9.72. The average Bonchev–Trinajstić information content (AvgIpc) is 2.92. The van der Waals surface area contributed by atoms with E-state index in [1.807, 2.05) is 7.05 Å². The molecule has 12 heteroatoms. The van der Waals surface area contributed by atoms with Gasteiger partial charge in [0.05, 0.1) is 24.1 Å². The van der Waals surface area contributed by atoms with Crippen molar-refractivity contribution in [2.75, 3.05) is 39.6 Å². The molecule has 2 amide bonds. The van der Waals surface area contributed by atoms with E-state index in [9.17, 15) is 22.8 Å². The lowest BCUT2D eigenvalue weighted by Crippen LogP contribution is -2.46. The number of amides is 2. The topological polar surface area (TPSA) is 99.7 Å². The van der Waals surface area contributed by atoms with Gasteiger partial charge in [-0.1, -0.05) is 12.8 Å². The van der Waals surface area contributed by atoms with Crippen molar-refractivity contribution in [3.8, 4) is 5.75 Å². The largest absolute Gasteiger partial charge is 0.495 e. The van der Waals surface area contributed by atoms with E-state index in [4.69, 9.17) is 4.74 Å². The van der Waals surface area contributed by atoms with Crippen LogP contribution >= 0.6 is 0 Å². The number of anilines is 2. The summed E-state index contributed by atoms with van der Waals surface area (Å²) in [5.41, 5.74) is -0.173. The molecular weight excluding hydrogens is 537 g/mol. The molecule has 2 N–H and O–H groups in total. The predicted molar refractivity (Wildman–Crippen MR) is 149 cm³/mol. The van der Waals surface area contributed by atoms with Crippen molar-refractivity contribution in [1.82, 2.24) is 25.1 Å². The van der Waals surface area contributed by atoms with Gasteiger partial charge in [-0.05, 0) is 69.8 Å². The van der Waals surface area contributed by atoms with Crippen LogP contribution in [-0.4, -0.2) is 78.0 Å². The van der Waals surface area contributed by atoms with Crippen LogP contribution in [0.2, 0.25) is 0 Å². The number of nitrogens with zero attached hydrogens (tertiary/aromatic N) is 4. The molecule has 1 unspecified atom stereocenters. The fourth-order valence-corrected chi connectivity index (χ4v) is 5.90. The maximum absolute atomic E-state index is 13.9. The van der Waals surface area contributed by atoms with E-state index in [0.29, 0.717) is 23.4 Å². The van der Waals surface area contributed by atoms with Crippen molar-refractivity contribution >= 4 is 23.5 Å². The molecule has 0 radical (unpaired) electrons. The lowest BCUT2D eigenvalue weighted by molar-refractivity contribution is -0.139. The number of halogens is 3. The average molecular weight is 577 g/mol. The number of piperidine rings is 1. The van der Waals surface area contributed by atoms with E-state index in [1.165, 1.54) is 14.0 Å². The Hall–Kier alpha value is -3.41. The van der Waals surface area contributed by atoms with Gasteiger partial charge in [0.2, 0.25) is 11.9 Å². The zero-order valence-corrected chi connectivity index (χ0v) is 24.1. The summed E-state index contributed by atoms with van der Waals surface area (Å²) < 4.78 is 47.3. The summed E-state index contributed by atoms with van der Waals surface area (Å²) in [5.74, 6) is -0.170. The first-order valence-corrected chi connectivity index (χ1v) is 14.1. The summed E-state index contributed by atoms with van der Waals surface area (Å²) in [7, 11) is 5.17. The number of alkyl halides is 3. The quantitative estimate of drug-likeness (QED) is 0.472. The molecule has 1 aromatic heterocycles. The highest BCUT2D eigenvalue weighted by atomic mass is 19.4. The van der Waals surface area contributed by atoms with Crippen LogP contribution in [-0.2, 0) is 17.4 Å². The first-order valence-electron chi connectivity index (χ1n) is 14.1. The molecule has 1 aromatic carbocycles. The molecule has 2 heterocycles. The molecule has 1 aliphatic heterocycles. The molecule has 2 fully saturated rings. The highest BCUT2D eigenvalue weighted by Gasteiger charge is 2.38. The molecule has 41 heavy (non-hydrogen) atoms. The molecular formula is C29H39F3N6O3. The maximum atomic E-state index is 13.9. The first kappa shape index (κ1) is 30.5. The Morgan fingerprint density at radius 1 is 1.17 bits per heavy atom. The maximum Gasteiger partial charge on any atom is 0.419 e. The second kappa shape index (κ2) is 13.1. The Bertz CT molecular complexity index is 1240. The monoisotopic (exact) mass is 576 g/mol. The normalized spacial score (nSPS) is 21.7. The summed E-state index contributed by atoms with van der Waals surface area (Å²) in [4.78, 5) is 37.0. The molecule has 2 aromatic rings. The highest BCUT2D eigenvalue weighted by molar-refractivity contribution is 5.95. The van der Waals surface area contributed by atoms with E-state index in [-0.39, 0.29) is 47.9 Å². The predicted octanol–water partition coefficient (Wildman–Crippen LogP) is 4.65. The number of rotatable bonds is 8. The van der Waals surface area contributed by atoms with Crippen LogP contribution < -0.4 is 15.4 Å². The van der Waals surface area contributed by atoms with Gasteiger partial charge in [0, 0.05) is 44.4 Å². The second-order valence-electron chi connectivity index (χ2n) is 11.1. The minimum Gasteiger partial charge on any atom is -0.495 e. The van der Waals surface area contributed by atoms with E-state index in [2.05, 4.69) is 25.5 Å².